The van der Waals surface area contributed by atoms with Crippen LogP contribution < -0.4 is 16.4 Å². The third-order valence-corrected chi connectivity index (χ3v) is 4.74. The Labute approximate surface area is 148 Å². The molecule has 4 N–H and O–H groups in total. The second-order valence-electron chi connectivity index (χ2n) is 6.48. The third-order valence-electron chi connectivity index (χ3n) is 4.37. The predicted molar refractivity (Wildman–Crippen MR) is 103 cm³/mol. The van der Waals surface area contributed by atoms with Gasteiger partial charge in [0.15, 0.2) is 0 Å². The van der Waals surface area contributed by atoms with Gasteiger partial charge in [-0.25, -0.2) is 0 Å². The molecule has 126 valence electrons. The van der Waals surface area contributed by atoms with Crippen LogP contribution in [0, 0.1) is 6.92 Å². The molecule has 0 saturated carbocycles. The maximum Gasteiger partial charge on any atom is 0.108 e. The van der Waals surface area contributed by atoms with Crippen LogP contribution in [0.2, 0.25) is 5.02 Å². The van der Waals surface area contributed by atoms with E-state index in [4.69, 9.17) is 23.1 Å². The third kappa shape index (κ3) is 3.00. The van der Waals surface area contributed by atoms with Gasteiger partial charge in [0, 0.05) is 34.7 Å². The number of hydrogen-bond acceptors (Lipinski definition) is 4. The summed E-state index contributed by atoms with van der Waals surface area (Å²) in [5.74, 6) is 0. The average Bonchev–Trinajstić information content (AvgIpc) is 2.53. The van der Waals surface area contributed by atoms with E-state index in [1.165, 1.54) is 0 Å². The lowest BCUT2D eigenvalue weighted by Crippen LogP contribution is -2.33. The van der Waals surface area contributed by atoms with Crippen molar-refractivity contribution in [2.45, 2.75) is 19.6 Å². The van der Waals surface area contributed by atoms with E-state index in [9.17, 15) is 0 Å². The predicted octanol–water partition coefficient (Wildman–Crippen LogP) is 3.74. The van der Waals surface area contributed by atoms with Gasteiger partial charge in [-0.05, 0) is 62.0 Å². The molecule has 2 aromatic rings. The minimum atomic E-state index is -0.277. The lowest BCUT2D eigenvalue weighted by atomic mass is 9.96. The highest BCUT2D eigenvalue weighted by Gasteiger charge is 2.23. The highest BCUT2D eigenvalue weighted by Crippen LogP contribution is 2.36. The van der Waals surface area contributed by atoms with Crippen molar-refractivity contribution in [3.8, 4) is 0 Å². The minimum Gasteiger partial charge on any atom is -0.398 e. The number of hydrogen-bond donors (Lipinski definition) is 2. The van der Waals surface area contributed by atoms with Crippen molar-refractivity contribution in [2.24, 2.45) is 5.73 Å². The summed E-state index contributed by atoms with van der Waals surface area (Å²) in [6, 6.07) is 10.1. The Morgan fingerprint density at radius 2 is 1.96 bits per heavy atom. The lowest BCUT2D eigenvalue weighted by molar-refractivity contribution is 0.402. The van der Waals surface area contributed by atoms with Crippen molar-refractivity contribution in [3.63, 3.8) is 0 Å². The molecule has 0 saturated heterocycles. The second-order valence-corrected chi connectivity index (χ2v) is 6.89. The largest absolute Gasteiger partial charge is 0.398 e. The highest BCUT2D eigenvalue weighted by atomic mass is 35.5. The van der Waals surface area contributed by atoms with Gasteiger partial charge < -0.3 is 21.3 Å². The van der Waals surface area contributed by atoms with Gasteiger partial charge in [0.1, 0.15) is 6.17 Å². The Bertz CT molecular complexity index is 798. The van der Waals surface area contributed by atoms with Crippen LogP contribution in [-0.2, 0) is 6.54 Å². The molecule has 0 amide bonds. The zero-order valence-corrected chi connectivity index (χ0v) is 15.0. The minimum absolute atomic E-state index is 0.277. The first-order valence-corrected chi connectivity index (χ1v) is 8.30. The fraction of sp³-hybridized carbons (Fsp3) is 0.263. The maximum atomic E-state index is 6.51. The van der Waals surface area contributed by atoms with Crippen LogP contribution in [0.1, 0.15) is 28.4 Å². The van der Waals surface area contributed by atoms with E-state index in [0.717, 1.165) is 45.2 Å². The van der Waals surface area contributed by atoms with E-state index in [1.807, 2.05) is 56.4 Å². The Hall–Kier alpha value is -2.01. The van der Waals surface area contributed by atoms with Gasteiger partial charge >= 0.3 is 0 Å². The fourth-order valence-corrected chi connectivity index (χ4v) is 3.21. The van der Waals surface area contributed by atoms with Crippen LogP contribution in [0.4, 0.5) is 11.4 Å². The van der Waals surface area contributed by atoms with E-state index in [-0.39, 0.29) is 6.17 Å². The maximum absolute atomic E-state index is 6.51. The lowest BCUT2D eigenvalue weighted by Gasteiger charge is -2.33. The Morgan fingerprint density at radius 3 is 2.67 bits per heavy atom. The molecule has 3 rings (SSSR count). The summed E-state index contributed by atoms with van der Waals surface area (Å²) in [4.78, 5) is 4.14. The number of nitrogens with zero attached hydrogens (tertiary/aromatic N) is 2. The topological polar surface area (TPSA) is 58.5 Å². The molecule has 5 heteroatoms. The number of anilines is 2. The molecule has 0 radical (unpaired) electrons. The summed E-state index contributed by atoms with van der Waals surface area (Å²) < 4.78 is 0. The van der Waals surface area contributed by atoms with Crippen molar-refractivity contribution in [1.29, 1.82) is 0 Å². The van der Waals surface area contributed by atoms with Crippen molar-refractivity contribution in [2.75, 3.05) is 24.7 Å². The van der Waals surface area contributed by atoms with Gasteiger partial charge in [0.05, 0.1) is 0 Å². The van der Waals surface area contributed by atoms with Crippen LogP contribution in [-0.4, -0.2) is 19.0 Å². The number of benzene rings is 2. The van der Waals surface area contributed by atoms with Gasteiger partial charge in [-0.15, -0.1) is 0 Å². The number of nitrogen functional groups attached to an aromatic ring is 1. The van der Waals surface area contributed by atoms with E-state index in [2.05, 4.69) is 17.0 Å². The molecular formula is C19H23ClN4. The molecule has 1 heterocycles. The van der Waals surface area contributed by atoms with E-state index >= 15 is 0 Å². The molecule has 0 spiro atoms. The molecule has 24 heavy (non-hydrogen) atoms. The van der Waals surface area contributed by atoms with Crippen LogP contribution in [0.3, 0.4) is 0 Å². The van der Waals surface area contributed by atoms with Crippen LogP contribution in [0.25, 0.3) is 6.08 Å². The normalized spacial score (nSPS) is 16.6. The molecule has 0 aromatic heterocycles. The molecule has 0 bridgehead atoms. The van der Waals surface area contributed by atoms with Crippen molar-refractivity contribution in [1.82, 2.24) is 4.90 Å². The molecule has 1 aliphatic heterocycles. The first-order chi connectivity index (χ1) is 11.4. The first-order valence-electron chi connectivity index (χ1n) is 7.92. The first kappa shape index (κ1) is 16.8. The molecule has 4 nitrogen and oxygen atoms in total. The summed E-state index contributed by atoms with van der Waals surface area (Å²) in [5.41, 5.74) is 18.7. The van der Waals surface area contributed by atoms with Gasteiger partial charge in [0.2, 0.25) is 0 Å². The SMILES string of the molecule is Cc1ccc2c(c1N)C=CN(c1ccc(Cl)c(CN(C)C)c1)C2N. The Morgan fingerprint density at radius 1 is 1.21 bits per heavy atom. The van der Waals surface area contributed by atoms with Gasteiger partial charge in [-0.2, -0.15) is 0 Å². The number of nitrogens with two attached hydrogens (primary N) is 2. The molecule has 0 fully saturated rings. The van der Waals surface area contributed by atoms with Gasteiger partial charge in [0.25, 0.3) is 0 Å². The summed E-state index contributed by atoms with van der Waals surface area (Å²) in [6.45, 7) is 2.79. The molecular weight excluding hydrogens is 320 g/mol. The van der Waals surface area contributed by atoms with Crippen molar-refractivity contribution >= 4 is 29.1 Å². The number of rotatable bonds is 3. The van der Waals surface area contributed by atoms with E-state index in [0.29, 0.717) is 0 Å². The smallest absolute Gasteiger partial charge is 0.108 e. The van der Waals surface area contributed by atoms with Crippen molar-refractivity contribution in [3.05, 3.63) is 63.8 Å². The van der Waals surface area contributed by atoms with Crippen molar-refractivity contribution < 1.29 is 0 Å². The van der Waals surface area contributed by atoms with Crippen LogP contribution >= 0.6 is 11.6 Å². The zero-order valence-electron chi connectivity index (χ0n) is 14.3. The standard InChI is InChI=1S/C19H23ClN4/c1-12-4-6-16-15(18(12)21)8-9-24(19(16)22)14-5-7-17(20)13(10-14)11-23(2)3/h4-10,19H,11,21-22H2,1-3H3. The average molecular weight is 343 g/mol. The molecule has 1 aliphatic rings. The monoisotopic (exact) mass is 342 g/mol. The van der Waals surface area contributed by atoms with E-state index < -0.39 is 0 Å². The number of fused-ring (bicyclic) bond motifs is 1. The van der Waals surface area contributed by atoms with Gasteiger partial charge in [-0.1, -0.05) is 23.7 Å². The number of halogens is 1. The summed E-state index contributed by atoms with van der Waals surface area (Å²) in [7, 11) is 4.05. The Balaban J connectivity index is 1.99. The Kier molecular flexibility index (Phi) is 4.54. The quantitative estimate of drug-likeness (QED) is 0.834. The number of aryl methyl sites for hydroxylation is 1. The van der Waals surface area contributed by atoms with Crippen LogP contribution in [0.15, 0.2) is 36.5 Å². The summed E-state index contributed by atoms with van der Waals surface area (Å²) in [6.07, 6.45) is 3.74. The molecule has 1 atom stereocenters. The summed E-state index contributed by atoms with van der Waals surface area (Å²) in [5, 5.41) is 0.766. The molecule has 2 aromatic carbocycles. The molecule has 1 unspecified atom stereocenters. The summed E-state index contributed by atoms with van der Waals surface area (Å²) >= 11 is 6.32. The molecule has 0 aliphatic carbocycles. The van der Waals surface area contributed by atoms with Crippen LogP contribution in [0.5, 0.6) is 0 Å². The van der Waals surface area contributed by atoms with Gasteiger partial charge in [-0.3, -0.25) is 0 Å². The fourth-order valence-electron chi connectivity index (χ4n) is 3.03. The van der Waals surface area contributed by atoms with E-state index in [1.54, 1.807) is 0 Å². The highest BCUT2D eigenvalue weighted by molar-refractivity contribution is 6.31. The second kappa shape index (κ2) is 6.48. The zero-order chi connectivity index (χ0) is 17.4.